The van der Waals surface area contributed by atoms with E-state index in [9.17, 15) is 4.79 Å². The van der Waals surface area contributed by atoms with Gasteiger partial charge >= 0.3 is 5.97 Å². The van der Waals surface area contributed by atoms with Crippen LogP contribution in [0.1, 0.15) is 18.4 Å². The van der Waals surface area contributed by atoms with E-state index < -0.39 is 0 Å². The fraction of sp³-hybridized carbons (Fsp3) is 0.462. The van der Waals surface area contributed by atoms with Crippen LogP contribution in [0.2, 0.25) is 0 Å². The highest BCUT2D eigenvalue weighted by molar-refractivity contribution is 9.10. The van der Waals surface area contributed by atoms with Crippen LogP contribution in [0.5, 0.6) is 0 Å². The fourth-order valence-corrected chi connectivity index (χ4v) is 2.94. The predicted molar refractivity (Wildman–Crippen MR) is 76.7 cm³/mol. The lowest BCUT2D eigenvalue weighted by molar-refractivity contribution is -0.137. The number of hydrogen-bond acceptors (Lipinski definition) is 4. The van der Waals surface area contributed by atoms with E-state index >= 15 is 0 Å². The molecule has 1 saturated carbocycles. The molecular formula is C13H16BrNO2S. The third kappa shape index (κ3) is 4.30. The maximum Gasteiger partial charge on any atom is 0.315 e. The van der Waals surface area contributed by atoms with Crippen LogP contribution in [0.3, 0.4) is 0 Å². The lowest BCUT2D eigenvalue weighted by Crippen LogP contribution is -2.15. The van der Waals surface area contributed by atoms with Crippen LogP contribution < -0.4 is 5.32 Å². The highest BCUT2D eigenvalue weighted by Crippen LogP contribution is 2.26. The summed E-state index contributed by atoms with van der Waals surface area (Å²) in [6, 6.07) is 6.91. The van der Waals surface area contributed by atoms with Gasteiger partial charge in [0.05, 0.1) is 12.9 Å². The zero-order valence-corrected chi connectivity index (χ0v) is 12.6. The van der Waals surface area contributed by atoms with Crippen molar-refractivity contribution >= 4 is 33.7 Å². The number of carbonyl (C=O) groups is 1. The Morgan fingerprint density at radius 3 is 2.94 bits per heavy atom. The second kappa shape index (κ2) is 6.59. The van der Waals surface area contributed by atoms with Crippen molar-refractivity contribution in [1.82, 2.24) is 5.32 Å². The van der Waals surface area contributed by atoms with Crippen LogP contribution >= 0.6 is 27.7 Å². The van der Waals surface area contributed by atoms with Crippen LogP contribution in [-0.4, -0.2) is 24.9 Å². The van der Waals surface area contributed by atoms with Crippen molar-refractivity contribution in [3.8, 4) is 0 Å². The minimum absolute atomic E-state index is 0.199. The zero-order valence-electron chi connectivity index (χ0n) is 10.2. The lowest BCUT2D eigenvalue weighted by atomic mass is 10.2. The highest BCUT2D eigenvalue weighted by Gasteiger charge is 2.20. The summed E-state index contributed by atoms with van der Waals surface area (Å²) in [5, 5.41) is 3.48. The molecule has 0 unspecified atom stereocenters. The molecule has 2 rings (SSSR count). The molecule has 0 aromatic heterocycles. The summed E-state index contributed by atoms with van der Waals surface area (Å²) in [5.41, 5.74) is 1.25. The summed E-state index contributed by atoms with van der Waals surface area (Å²) < 4.78 is 5.70. The minimum Gasteiger partial charge on any atom is -0.468 e. The van der Waals surface area contributed by atoms with Crippen molar-refractivity contribution in [2.75, 3.05) is 12.9 Å². The average molecular weight is 330 g/mol. The van der Waals surface area contributed by atoms with Gasteiger partial charge in [-0.2, -0.15) is 0 Å². The molecule has 1 aromatic rings. The molecule has 18 heavy (non-hydrogen) atoms. The number of esters is 1. The maximum absolute atomic E-state index is 11.1. The van der Waals surface area contributed by atoms with Gasteiger partial charge in [0.2, 0.25) is 0 Å². The summed E-state index contributed by atoms with van der Waals surface area (Å²) in [7, 11) is 1.41. The van der Waals surface area contributed by atoms with E-state index in [0.29, 0.717) is 11.8 Å². The second-order valence-corrected chi connectivity index (χ2v) is 6.18. The molecule has 1 aliphatic carbocycles. The molecule has 0 spiro atoms. The topological polar surface area (TPSA) is 38.3 Å². The quantitative estimate of drug-likeness (QED) is 0.643. The van der Waals surface area contributed by atoms with Crippen LogP contribution in [0.4, 0.5) is 0 Å². The molecule has 1 N–H and O–H groups in total. The molecule has 0 heterocycles. The molecule has 3 nitrogen and oxygen atoms in total. The van der Waals surface area contributed by atoms with Gasteiger partial charge in [-0.25, -0.2) is 0 Å². The Kier molecular flexibility index (Phi) is 5.09. The molecule has 98 valence electrons. The highest BCUT2D eigenvalue weighted by atomic mass is 79.9. The Labute approximate surface area is 120 Å². The summed E-state index contributed by atoms with van der Waals surface area (Å²) in [5.74, 6) is 0.151. The average Bonchev–Trinajstić information content (AvgIpc) is 3.18. The molecule has 0 aliphatic heterocycles. The standard InChI is InChI=1S/C13H16BrNO2S/c1-17-13(16)8-18-11-5-2-9(12(14)6-11)7-15-10-3-4-10/h2,5-6,10,15H,3-4,7-8H2,1H3. The number of benzene rings is 1. The predicted octanol–water partition coefficient (Wildman–Crippen LogP) is 2.97. The summed E-state index contributed by atoms with van der Waals surface area (Å²) in [6.45, 7) is 0.896. The first-order chi connectivity index (χ1) is 8.69. The van der Waals surface area contributed by atoms with Gasteiger partial charge < -0.3 is 10.1 Å². The summed E-state index contributed by atoms with van der Waals surface area (Å²) in [4.78, 5) is 12.1. The first-order valence-corrected chi connectivity index (χ1v) is 7.68. The number of methoxy groups -OCH3 is 1. The van der Waals surface area contributed by atoms with Gasteiger partial charge in [0.1, 0.15) is 0 Å². The van der Waals surface area contributed by atoms with Gasteiger partial charge in [0, 0.05) is 22.0 Å². The van der Waals surface area contributed by atoms with Gasteiger partial charge in [0.15, 0.2) is 0 Å². The Morgan fingerprint density at radius 2 is 2.33 bits per heavy atom. The molecule has 0 amide bonds. The van der Waals surface area contributed by atoms with Gasteiger partial charge in [0.25, 0.3) is 0 Å². The molecular weight excluding hydrogens is 314 g/mol. The van der Waals surface area contributed by atoms with Gasteiger partial charge in [-0.1, -0.05) is 22.0 Å². The number of hydrogen-bond donors (Lipinski definition) is 1. The maximum atomic E-state index is 11.1. The Morgan fingerprint density at radius 1 is 1.56 bits per heavy atom. The van der Waals surface area contributed by atoms with E-state index in [2.05, 4.69) is 38.1 Å². The molecule has 1 aromatic carbocycles. The Bertz CT molecular complexity index is 435. The van der Waals surface area contributed by atoms with E-state index in [-0.39, 0.29) is 5.97 Å². The van der Waals surface area contributed by atoms with E-state index in [4.69, 9.17) is 0 Å². The van der Waals surface area contributed by atoms with Crippen LogP contribution in [0, 0.1) is 0 Å². The number of halogens is 1. The first kappa shape index (κ1) is 13.9. The lowest BCUT2D eigenvalue weighted by Gasteiger charge is -2.08. The number of nitrogens with one attached hydrogen (secondary N) is 1. The number of rotatable bonds is 6. The Balaban J connectivity index is 1.88. The third-order valence-corrected chi connectivity index (χ3v) is 4.47. The largest absolute Gasteiger partial charge is 0.468 e. The van der Waals surface area contributed by atoms with Crippen LogP contribution in [0.15, 0.2) is 27.6 Å². The normalized spacial score (nSPS) is 14.6. The second-order valence-electron chi connectivity index (χ2n) is 4.27. The van der Waals surface area contributed by atoms with Gasteiger partial charge in [-0.05, 0) is 30.5 Å². The van der Waals surface area contributed by atoms with Crippen molar-refractivity contribution in [2.24, 2.45) is 0 Å². The van der Waals surface area contributed by atoms with Crippen molar-refractivity contribution in [3.05, 3.63) is 28.2 Å². The molecule has 0 atom stereocenters. The summed E-state index contributed by atoms with van der Waals surface area (Å²) in [6.07, 6.45) is 2.59. The summed E-state index contributed by atoms with van der Waals surface area (Å²) >= 11 is 5.06. The smallest absolute Gasteiger partial charge is 0.315 e. The van der Waals surface area contributed by atoms with Crippen molar-refractivity contribution < 1.29 is 9.53 Å². The molecule has 1 fully saturated rings. The zero-order chi connectivity index (χ0) is 13.0. The number of thioether (sulfide) groups is 1. The van der Waals surface area contributed by atoms with Crippen LogP contribution in [0.25, 0.3) is 0 Å². The van der Waals surface area contributed by atoms with Crippen molar-refractivity contribution in [1.29, 1.82) is 0 Å². The monoisotopic (exact) mass is 329 g/mol. The van der Waals surface area contributed by atoms with Crippen molar-refractivity contribution in [2.45, 2.75) is 30.3 Å². The molecule has 0 bridgehead atoms. The number of ether oxygens (including phenoxy) is 1. The third-order valence-electron chi connectivity index (χ3n) is 2.77. The molecule has 0 saturated heterocycles. The van der Waals surface area contributed by atoms with E-state index in [1.165, 1.54) is 37.3 Å². The first-order valence-electron chi connectivity index (χ1n) is 5.90. The SMILES string of the molecule is COC(=O)CSc1ccc(CNC2CC2)c(Br)c1. The van der Waals surface area contributed by atoms with E-state index in [0.717, 1.165) is 15.9 Å². The number of carbonyl (C=O) groups excluding carboxylic acids is 1. The fourth-order valence-electron chi connectivity index (χ4n) is 1.50. The minimum atomic E-state index is -0.199. The Hall–Kier alpha value is -0.520. The molecule has 5 heteroatoms. The molecule has 0 radical (unpaired) electrons. The van der Waals surface area contributed by atoms with E-state index in [1.54, 1.807) is 0 Å². The molecule has 1 aliphatic rings. The van der Waals surface area contributed by atoms with Crippen LogP contribution in [-0.2, 0) is 16.1 Å². The van der Waals surface area contributed by atoms with Crippen molar-refractivity contribution in [3.63, 3.8) is 0 Å². The van der Waals surface area contributed by atoms with E-state index in [1.807, 2.05) is 6.07 Å². The van der Waals surface area contributed by atoms with Gasteiger partial charge in [-0.3, -0.25) is 4.79 Å². The van der Waals surface area contributed by atoms with Gasteiger partial charge in [-0.15, -0.1) is 11.8 Å².